The molecule has 1 aromatic heterocycles. The van der Waals surface area contributed by atoms with Crippen LogP contribution in [0, 0.1) is 11.3 Å². The highest BCUT2D eigenvalue weighted by Gasteiger charge is 2.18. The van der Waals surface area contributed by atoms with E-state index in [4.69, 9.17) is 5.73 Å². The van der Waals surface area contributed by atoms with Crippen LogP contribution in [-0.2, 0) is 19.4 Å². The normalized spacial score (nSPS) is 11.2. The van der Waals surface area contributed by atoms with Gasteiger partial charge in [0.15, 0.2) is 0 Å². The standard InChI is InChI=1S/C30H30N6O/c1-3-9-27-26(18-21-14-16-22(17-15-21)25-13-8-7-12-24(25)19-31)29(37)36(30(32)34-27)20-28(35-33-2)23-10-5-4-6-11-23/h4-8,10-17,33H,3,9,18,20H2,1-2H3,(H2,32,34)/b35-28-. The molecule has 0 amide bonds. The minimum absolute atomic E-state index is 0.158. The quantitative estimate of drug-likeness (QED) is 0.265. The van der Waals surface area contributed by atoms with Crippen LogP contribution in [-0.4, -0.2) is 22.3 Å². The average molecular weight is 491 g/mol. The molecule has 3 aromatic carbocycles. The van der Waals surface area contributed by atoms with Crippen LogP contribution in [0.15, 0.2) is 88.8 Å². The lowest BCUT2D eigenvalue weighted by molar-refractivity contribution is 0.739. The lowest BCUT2D eigenvalue weighted by Crippen LogP contribution is -2.32. The van der Waals surface area contributed by atoms with Crippen LogP contribution in [0.4, 0.5) is 5.95 Å². The lowest BCUT2D eigenvalue weighted by atomic mass is 9.97. The third-order valence-electron chi connectivity index (χ3n) is 6.22. The number of aromatic nitrogens is 2. The third-order valence-corrected chi connectivity index (χ3v) is 6.22. The van der Waals surface area contributed by atoms with Crippen molar-refractivity contribution < 1.29 is 0 Å². The van der Waals surface area contributed by atoms with Gasteiger partial charge in [-0.3, -0.25) is 9.36 Å². The monoisotopic (exact) mass is 490 g/mol. The van der Waals surface area contributed by atoms with E-state index >= 15 is 0 Å². The number of benzene rings is 3. The van der Waals surface area contributed by atoms with Crippen molar-refractivity contribution in [3.05, 3.63) is 117 Å². The van der Waals surface area contributed by atoms with Gasteiger partial charge in [-0.1, -0.05) is 86.1 Å². The van der Waals surface area contributed by atoms with Crippen molar-refractivity contribution in [1.82, 2.24) is 15.0 Å². The van der Waals surface area contributed by atoms with Gasteiger partial charge in [-0.2, -0.15) is 10.4 Å². The molecule has 0 saturated heterocycles. The predicted molar refractivity (Wildman–Crippen MR) is 148 cm³/mol. The molecule has 7 nitrogen and oxygen atoms in total. The van der Waals surface area contributed by atoms with Crippen molar-refractivity contribution in [2.75, 3.05) is 12.8 Å². The van der Waals surface area contributed by atoms with Gasteiger partial charge in [0.25, 0.3) is 5.56 Å². The molecule has 1 heterocycles. The van der Waals surface area contributed by atoms with E-state index in [1.54, 1.807) is 7.05 Å². The topological polar surface area (TPSA) is 109 Å². The molecule has 3 N–H and O–H groups in total. The summed E-state index contributed by atoms with van der Waals surface area (Å²) in [5.41, 5.74) is 15.4. The van der Waals surface area contributed by atoms with Crippen molar-refractivity contribution in [3.63, 3.8) is 0 Å². The average Bonchev–Trinajstić information content (AvgIpc) is 2.93. The van der Waals surface area contributed by atoms with Gasteiger partial charge in [-0.25, -0.2) is 4.98 Å². The molecule has 0 unspecified atom stereocenters. The van der Waals surface area contributed by atoms with E-state index in [0.717, 1.165) is 34.4 Å². The summed E-state index contributed by atoms with van der Waals surface area (Å²) in [6.07, 6.45) is 1.95. The smallest absolute Gasteiger partial charge is 0.259 e. The summed E-state index contributed by atoms with van der Waals surface area (Å²) in [4.78, 5) is 18.4. The molecule has 0 spiro atoms. The Labute approximate surface area is 216 Å². The van der Waals surface area contributed by atoms with Crippen LogP contribution in [0.25, 0.3) is 11.1 Å². The molecule has 0 radical (unpaired) electrons. The maximum absolute atomic E-state index is 13.8. The zero-order chi connectivity index (χ0) is 26.2. The molecule has 37 heavy (non-hydrogen) atoms. The molecule has 4 rings (SSSR count). The number of nitrogens with two attached hydrogens (primary N) is 1. The first-order valence-corrected chi connectivity index (χ1v) is 12.3. The van der Waals surface area contributed by atoms with Gasteiger partial charge in [0.2, 0.25) is 5.95 Å². The van der Waals surface area contributed by atoms with Crippen molar-refractivity contribution in [2.45, 2.75) is 32.7 Å². The van der Waals surface area contributed by atoms with Crippen molar-refractivity contribution in [1.29, 1.82) is 5.26 Å². The minimum Gasteiger partial charge on any atom is -0.369 e. The SMILES string of the molecule is CCCc1nc(N)n(C/C(=N/NC)c2ccccc2)c(=O)c1Cc1ccc(-c2ccccc2C#N)cc1. The number of hydrogen-bond donors (Lipinski definition) is 2. The fourth-order valence-electron chi connectivity index (χ4n) is 4.38. The van der Waals surface area contributed by atoms with Gasteiger partial charge < -0.3 is 11.2 Å². The maximum atomic E-state index is 13.8. The van der Waals surface area contributed by atoms with Gasteiger partial charge in [0, 0.05) is 19.0 Å². The number of nitrogens with zero attached hydrogens (tertiary/aromatic N) is 4. The summed E-state index contributed by atoms with van der Waals surface area (Å²) >= 11 is 0. The number of nitriles is 1. The Morgan fingerprint density at radius 1 is 1.05 bits per heavy atom. The molecule has 0 aliphatic carbocycles. The van der Waals surface area contributed by atoms with Crippen LogP contribution in [0.1, 0.15) is 41.3 Å². The molecule has 186 valence electrons. The third kappa shape index (κ3) is 5.76. The molecule has 0 fully saturated rings. The van der Waals surface area contributed by atoms with Crippen LogP contribution >= 0.6 is 0 Å². The Morgan fingerprint density at radius 3 is 2.43 bits per heavy atom. The summed E-state index contributed by atoms with van der Waals surface area (Å²) in [5, 5.41) is 13.8. The first-order valence-electron chi connectivity index (χ1n) is 12.3. The first kappa shape index (κ1) is 25.4. The molecule has 0 saturated carbocycles. The van der Waals surface area contributed by atoms with Crippen LogP contribution in [0.3, 0.4) is 0 Å². The molecule has 0 aliphatic heterocycles. The van der Waals surface area contributed by atoms with Crippen molar-refractivity contribution >= 4 is 11.7 Å². The molecule has 7 heteroatoms. The Balaban J connectivity index is 1.70. The second-order valence-corrected chi connectivity index (χ2v) is 8.72. The van der Waals surface area contributed by atoms with Crippen molar-refractivity contribution in [2.24, 2.45) is 5.10 Å². The van der Waals surface area contributed by atoms with Crippen LogP contribution in [0.5, 0.6) is 0 Å². The molecule has 0 atom stereocenters. The number of aryl methyl sites for hydroxylation is 1. The minimum atomic E-state index is -0.158. The summed E-state index contributed by atoms with van der Waals surface area (Å²) in [5.74, 6) is 0.181. The number of rotatable bonds is 9. The highest BCUT2D eigenvalue weighted by atomic mass is 16.1. The summed E-state index contributed by atoms with van der Waals surface area (Å²) in [6, 6.07) is 27.4. The van der Waals surface area contributed by atoms with E-state index in [9.17, 15) is 10.1 Å². The Kier molecular flexibility index (Phi) is 8.11. The van der Waals surface area contributed by atoms with Crippen LogP contribution in [0.2, 0.25) is 0 Å². The fourth-order valence-corrected chi connectivity index (χ4v) is 4.38. The Bertz CT molecular complexity index is 1500. The lowest BCUT2D eigenvalue weighted by Gasteiger charge is -2.16. The van der Waals surface area contributed by atoms with E-state index in [0.29, 0.717) is 29.7 Å². The van der Waals surface area contributed by atoms with Gasteiger partial charge in [0.05, 0.1) is 29.6 Å². The van der Waals surface area contributed by atoms with E-state index < -0.39 is 0 Å². The largest absolute Gasteiger partial charge is 0.369 e. The maximum Gasteiger partial charge on any atom is 0.259 e. The molecular formula is C30H30N6O. The Morgan fingerprint density at radius 2 is 1.76 bits per heavy atom. The number of hydrazone groups is 1. The molecule has 0 aliphatic rings. The number of nitrogens with one attached hydrogen (secondary N) is 1. The zero-order valence-electron chi connectivity index (χ0n) is 21.1. The highest BCUT2D eigenvalue weighted by molar-refractivity contribution is 6.00. The second kappa shape index (κ2) is 11.8. The second-order valence-electron chi connectivity index (χ2n) is 8.72. The van der Waals surface area contributed by atoms with Gasteiger partial charge in [0.1, 0.15) is 0 Å². The molecular weight excluding hydrogens is 460 g/mol. The predicted octanol–water partition coefficient (Wildman–Crippen LogP) is 4.53. The number of hydrogen-bond acceptors (Lipinski definition) is 6. The first-order chi connectivity index (χ1) is 18.0. The van der Waals surface area contributed by atoms with Crippen molar-refractivity contribution in [3.8, 4) is 17.2 Å². The summed E-state index contributed by atoms with van der Waals surface area (Å²) in [6.45, 7) is 2.26. The summed E-state index contributed by atoms with van der Waals surface area (Å²) < 4.78 is 1.50. The van der Waals surface area contributed by atoms with Crippen LogP contribution < -0.4 is 16.7 Å². The van der Waals surface area contributed by atoms with Gasteiger partial charge in [-0.05, 0) is 34.7 Å². The van der Waals surface area contributed by atoms with E-state index in [2.05, 4.69) is 28.5 Å². The molecule has 4 aromatic rings. The Hall–Kier alpha value is -4.70. The zero-order valence-corrected chi connectivity index (χ0v) is 21.1. The van der Waals surface area contributed by atoms with E-state index in [1.807, 2.05) is 78.9 Å². The number of nitrogen functional groups attached to an aromatic ring is 1. The van der Waals surface area contributed by atoms with Gasteiger partial charge >= 0.3 is 0 Å². The fraction of sp³-hybridized carbons (Fsp3) is 0.200. The highest BCUT2D eigenvalue weighted by Crippen LogP contribution is 2.24. The number of anilines is 1. The van der Waals surface area contributed by atoms with Gasteiger partial charge in [-0.15, -0.1) is 0 Å². The summed E-state index contributed by atoms with van der Waals surface area (Å²) in [7, 11) is 1.72. The molecule has 0 bridgehead atoms. The van der Waals surface area contributed by atoms with E-state index in [1.165, 1.54) is 4.57 Å². The van der Waals surface area contributed by atoms with E-state index in [-0.39, 0.29) is 18.1 Å².